The van der Waals surface area contributed by atoms with Gasteiger partial charge in [0.1, 0.15) is 0 Å². The van der Waals surface area contributed by atoms with Crippen LogP contribution in [0.5, 0.6) is 0 Å². The Labute approximate surface area is 269 Å². The molecule has 2 atom stereocenters. The number of hydrogen-bond acceptors (Lipinski definition) is 8. The monoisotopic (exact) mass is 692 g/mol. The maximum atomic E-state index is 13.1. The molecule has 0 spiro atoms. The molecule has 232 valence electrons. The number of nitriles is 2. The Kier molecular flexibility index (Phi) is 8.35. The second-order valence-corrected chi connectivity index (χ2v) is 16.4. The Hall–Kier alpha value is -4.52. The fourth-order valence-electron chi connectivity index (χ4n) is 6.42. The highest BCUT2D eigenvalue weighted by Crippen LogP contribution is 2.45. The number of fused-ring (bicyclic) bond motifs is 6. The predicted molar refractivity (Wildman–Crippen MR) is 169 cm³/mol. The summed E-state index contributed by atoms with van der Waals surface area (Å²) in [5, 5.41) is 20.4. The molecule has 0 bridgehead atoms. The fourth-order valence-corrected chi connectivity index (χ4v) is 10.3. The van der Waals surface area contributed by atoms with E-state index >= 15 is 0 Å². The van der Waals surface area contributed by atoms with Crippen molar-refractivity contribution < 1.29 is 34.4 Å². The lowest BCUT2D eigenvalue weighted by Gasteiger charge is -2.15. The topological polar surface area (TPSA) is 199 Å². The molecule has 12 nitrogen and oxygen atoms in total. The molecular weight excluding hydrogens is 673 g/mol. The van der Waals surface area contributed by atoms with Gasteiger partial charge in [0.15, 0.2) is 41.8 Å². The molecule has 2 unspecified atom stereocenters. The first-order chi connectivity index (χ1) is 21.6. The zero-order valence-corrected chi connectivity index (χ0v) is 27.2. The summed E-state index contributed by atoms with van der Waals surface area (Å²) >= 11 is -4.69. The summed E-state index contributed by atoms with van der Waals surface area (Å²) in [6, 6.07) is 9.33. The molecule has 2 N–H and O–H groups in total. The van der Waals surface area contributed by atoms with Gasteiger partial charge in [-0.1, -0.05) is 18.2 Å². The van der Waals surface area contributed by atoms with Crippen molar-refractivity contribution in [2.75, 3.05) is 12.5 Å². The van der Waals surface area contributed by atoms with Crippen molar-refractivity contribution in [2.45, 2.75) is 34.1 Å². The second-order valence-electron chi connectivity index (χ2n) is 10.6. The Balaban J connectivity index is 2.10. The molecule has 0 fully saturated rings. The van der Waals surface area contributed by atoms with Gasteiger partial charge in [0.2, 0.25) is 0 Å². The van der Waals surface area contributed by atoms with Crippen molar-refractivity contribution in [2.24, 2.45) is 0 Å². The van der Waals surface area contributed by atoms with Crippen LogP contribution in [0.2, 0.25) is 0 Å². The summed E-state index contributed by atoms with van der Waals surface area (Å²) in [5.74, 6) is -0.774. The van der Waals surface area contributed by atoms with Crippen LogP contribution in [0.4, 0.5) is 0 Å². The third kappa shape index (κ3) is 5.25. The highest BCUT2D eigenvalue weighted by molar-refractivity contribution is 7.93. The molecule has 46 heavy (non-hydrogen) atoms. The van der Waals surface area contributed by atoms with E-state index in [2.05, 4.69) is 9.69 Å². The van der Waals surface area contributed by atoms with Gasteiger partial charge >= 0.3 is 0 Å². The summed E-state index contributed by atoms with van der Waals surface area (Å²) in [5.41, 5.74) is 1.99. The largest absolute Gasteiger partial charge is 0.306 e. The van der Waals surface area contributed by atoms with Crippen molar-refractivity contribution in [3.63, 3.8) is 0 Å². The van der Waals surface area contributed by atoms with Crippen molar-refractivity contribution in [1.29, 1.82) is 10.5 Å². The molecule has 16 heteroatoms. The first-order valence-corrected chi connectivity index (χ1v) is 19.3. The van der Waals surface area contributed by atoms with Crippen LogP contribution in [0.3, 0.4) is 0 Å². The Morgan fingerprint density at radius 3 is 1.76 bits per heavy atom. The number of nitrogens with zero attached hydrogens (tertiary/aromatic N) is 4. The lowest BCUT2D eigenvalue weighted by Crippen LogP contribution is -2.25. The van der Waals surface area contributed by atoms with E-state index in [9.17, 15) is 44.9 Å². The maximum Gasteiger partial charge on any atom is 0.270 e. The SMILES string of the molecule is [C-]#[N+]/C(C#N)=c1\c2c(/c(=C(/C#N)[N+]#[C-])c3c1Cc1c-3ccc(S(C)(=O)=O)c1S(C)(=O)=O)-c1ccc(CS(=O)O)c(CS(=O)O)c1C2. The van der Waals surface area contributed by atoms with E-state index in [-0.39, 0.29) is 68.1 Å². The van der Waals surface area contributed by atoms with Gasteiger partial charge in [0, 0.05) is 17.7 Å². The van der Waals surface area contributed by atoms with E-state index in [4.69, 9.17) is 13.1 Å². The van der Waals surface area contributed by atoms with Gasteiger partial charge in [0.05, 0.1) is 46.6 Å². The van der Waals surface area contributed by atoms with Gasteiger partial charge in [-0.05, 0) is 79.8 Å². The molecule has 3 aromatic carbocycles. The summed E-state index contributed by atoms with van der Waals surface area (Å²) in [4.78, 5) is 5.97. The Morgan fingerprint density at radius 1 is 0.783 bits per heavy atom. The van der Waals surface area contributed by atoms with Gasteiger partial charge in [-0.2, -0.15) is 0 Å². The minimum atomic E-state index is -4.18. The first-order valence-electron chi connectivity index (χ1n) is 13.0. The minimum Gasteiger partial charge on any atom is -0.306 e. The zero-order chi connectivity index (χ0) is 33.9. The lowest BCUT2D eigenvalue weighted by molar-refractivity contribution is 0.559. The average Bonchev–Trinajstić information content (AvgIpc) is 3.53. The van der Waals surface area contributed by atoms with Crippen LogP contribution in [0, 0.1) is 35.8 Å². The highest BCUT2D eigenvalue weighted by atomic mass is 32.2. The van der Waals surface area contributed by atoms with Crippen LogP contribution in [0.1, 0.15) is 33.4 Å². The molecule has 0 saturated heterocycles. The molecule has 5 rings (SSSR count). The Bertz CT molecular complexity index is 2500. The van der Waals surface area contributed by atoms with Gasteiger partial charge in [-0.25, -0.2) is 45.5 Å². The lowest BCUT2D eigenvalue weighted by atomic mass is 9.90. The molecule has 0 amide bonds. The summed E-state index contributed by atoms with van der Waals surface area (Å²) < 4.78 is 94.9. The molecule has 3 aromatic rings. The normalized spacial score (nSPS) is 15.5. The molecule has 2 aliphatic rings. The molecule has 0 saturated carbocycles. The number of sulfone groups is 2. The van der Waals surface area contributed by atoms with Crippen LogP contribution in [0.25, 0.3) is 43.3 Å². The van der Waals surface area contributed by atoms with E-state index in [0.717, 1.165) is 18.6 Å². The highest BCUT2D eigenvalue weighted by Gasteiger charge is 2.37. The third-order valence-electron chi connectivity index (χ3n) is 7.93. The molecule has 0 aromatic heterocycles. The van der Waals surface area contributed by atoms with Crippen molar-refractivity contribution >= 4 is 53.2 Å². The van der Waals surface area contributed by atoms with Gasteiger partial charge in [0.25, 0.3) is 11.4 Å². The van der Waals surface area contributed by atoms with E-state index in [1.165, 1.54) is 12.1 Å². The number of hydrogen-bond donors (Lipinski definition) is 2. The maximum absolute atomic E-state index is 13.1. The van der Waals surface area contributed by atoms with Crippen LogP contribution in [-0.4, -0.2) is 46.9 Å². The number of benzene rings is 3. The molecule has 0 heterocycles. The van der Waals surface area contributed by atoms with Crippen LogP contribution in [0.15, 0.2) is 34.1 Å². The van der Waals surface area contributed by atoms with Gasteiger partial charge < -0.3 is 9.11 Å². The van der Waals surface area contributed by atoms with E-state index < -0.39 is 63.1 Å². The van der Waals surface area contributed by atoms with Gasteiger partial charge in [-0.3, -0.25) is 0 Å². The molecular formula is C30H20N4O8S4. The summed E-state index contributed by atoms with van der Waals surface area (Å²) in [6.45, 7) is 15.7. The zero-order valence-electron chi connectivity index (χ0n) is 23.9. The first kappa shape index (κ1) is 32.9. The average molecular weight is 693 g/mol. The quantitative estimate of drug-likeness (QED) is 0.196. The molecule has 0 aliphatic heterocycles. The predicted octanol–water partition coefficient (Wildman–Crippen LogP) is 2.18. The standard InChI is InChI=1S/C30H20N4O8S4/c1-33-23(11-31)26-20-9-18-16(6-5-15(13-43(35)36)22(18)14-44(37)38)27(20)29(24(12-32)34-2)28-17-7-8-25(45(3,39)40)30(46(4,41)42)19(17)10-21(26)28/h5-8H,9-10,13-14H2,3-4H3,(H,35,36)(H,37,38)/b26-23+,29-24+. The van der Waals surface area contributed by atoms with E-state index in [1.54, 1.807) is 6.07 Å². The van der Waals surface area contributed by atoms with E-state index in [1.807, 2.05) is 12.1 Å². The fraction of sp³-hybridized carbons (Fsp3) is 0.200. The summed E-state index contributed by atoms with van der Waals surface area (Å²) in [7, 11) is -8.23. The van der Waals surface area contributed by atoms with Crippen LogP contribution in [-0.2, 0) is 66.2 Å². The van der Waals surface area contributed by atoms with Crippen LogP contribution < -0.4 is 10.4 Å². The third-order valence-corrected chi connectivity index (χ3v) is 11.5. The Morgan fingerprint density at radius 2 is 1.28 bits per heavy atom. The second kappa shape index (κ2) is 11.7. The van der Waals surface area contributed by atoms with Crippen molar-refractivity contribution in [3.05, 3.63) is 90.9 Å². The van der Waals surface area contributed by atoms with Gasteiger partial charge in [-0.15, -0.1) is 0 Å². The smallest absolute Gasteiger partial charge is 0.270 e. The van der Waals surface area contributed by atoms with Crippen molar-refractivity contribution in [3.8, 4) is 34.4 Å². The molecule has 2 aliphatic carbocycles. The van der Waals surface area contributed by atoms with Crippen molar-refractivity contribution in [1.82, 2.24) is 0 Å². The molecule has 0 radical (unpaired) electrons. The van der Waals surface area contributed by atoms with Crippen LogP contribution >= 0.6 is 0 Å². The number of rotatable bonds is 6. The van der Waals surface area contributed by atoms with E-state index in [0.29, 0.717) is 22.3 Å². The summed E-state index contributed by atoms with van der Waals surface area (Å²) in [6.07, 6.45) is 1.43. The minimum absolute atomic E-state index is 0.0556.